The molecule has 0 atom stereocenters. The largest absolute Gasteiger partial charge is 0.497 e. The van der Waals surface area contributed by atoms with Gasteiger partial charge in [-0.25, -0.2) is 0 Å². The minimum absolute atomic E-state index is 0.376. The van der Waals surface area contributed by atoms with Crippen molar-refractivity contribution in [1.82, 2.24) is 0 Å². The molecule has 3 nitrogen and oxygen atoms in total. The molecule has 0 aliphatic carbocycles. The highest BCUT2D eigenvalue weighted by Gasteiger charge is 2.07. The maximum absolute atomic E-state index is 10.6. The monoisotopic (exact) mass is 192 g/mol. The fourth-order valence-electron chi connectivity index (χ4n) is 1.13. The third-order valence-electron chi connectivity index (χ3n) is 1.89. The van der Waals surface area contributed by atoms with Crippen molar-refractivity contribution in [3.63, 3.8) is 0 Å². The van der Waals surface area contributed by atoms with E-state index in [1.807, 2.05) is 0 Å². The van der Waals surface area contributed by atoms with Gasteiger partial charge in [0, 0.05) is 11.1 Å². The van der Waals surface area contributed by atoms with Crippen molar-refractivity contribution >= 4 is 11.9 Å². The van der Waals surface area contributed by atoms with Gasteiger partial charge in [-0.2, -0.15) is 0 Å². The number of hydrogen-bond donors (Lipinski definition) is 0. The van der Waals surface area contributed by atoms with Gasteiger partial charge in [0.15, 0.2) is 0 Å². The second-order valence-electron chi connectivity index (χ2n) is 2.71. The third-order valence-corrected chi connectivity index (χ3v) is 1.89. The van der Waals surface area contributed by atoms with Crippen molar-refractivity contribution in [3.05, 3.63) is 30.3 Å². The second kappa shape index (κ2) is 4.46. The van der Waals surface area contributed by atoms with Crippen LogP contribution in [0.5, 0.6) is 11.5 Å². The molecular weight excluding hydrogens is 180 g/mol. The molecule has 0 aliphatic heterocycles. The van der Waals surface area contributed by atoms with Crippen LogP contribution < -0.4 is 9.47 Å². The number of allylic oxidation sites excluding steroid dienone is 1. The van der Waals surface area contributed by atoms with Crippen molar-refractivity contribution in [1.29, 1.82) is 0 Å². The summed E-state index contributed by atoms with van der Waals surface area (Å²) in [5.74, 6) is 1.28. The molecule has 0 aromatic heterocycles. The highest BCUT2D eigenvalue weighted by Crippen LogP contribution is 2.28. The number of ether oxygens (including phenoxy) is 2. The first-order chi connectivity index (χ1) is 6.72. The Morgan fingerprint density at radius 2 is 2.07 bits per heavy atom. The first-order valence-corrected chi connectivity index (χ1v) is 4.09. The van der Waals surface area contributed by atoms with Gasteiger partial charge in [0.2, 0.25) is 0 Å². The van der Waals surface area contributed by atoms with Gasteiger partial charge in [-0.3, -0.25) is 4.79 Å². The van der Waals surface area contributed by atoms with Crippen LogP contribution in [0.4, 0.5) is 0 Å². The van der Waals surface area contributed by atoms with Crippen molar-refractivity contribution < 1.29 is 14.3 Å². The van der Waals surface area contributed by atoms with Gasteiger partial charge in [-0.05, 0) is 18.2 Å². The lowest BCUT2D eigenvalue weighted by Crippen LogP contribution is -1.93. The molecule has 14 heavy (non-hydrogen) atoms. The van der Waals surface area contributed by atoms with E-state index < -0.39 is 0 Å². The summed E-state index contributed by atoms with van der Waals surface area (Å²) in [4.78, 5) is 10.6. The van der Waals surface area contributed by atoms with Crippen LogP contribution in [-0.2, 0) is 4.79 Å². The molecule has 1 aromatic rings. The molecule has 0 bridgehead atoms. The van der Waals surface area contributed by atoms with E-state index in [0.717, 1.165) is 0 Å². The zero-order valence-electron chi connectivity index (χ0n) is 8.24. The van der Waals surface area contributed by atoms with Crippen molar-refractivity contribution in [2.75, 3.05) is 14.2 Å². The van der Waals surface area contributed by atoms with Gasteiger partial charge >= 0.3 is 0 Å². The molecular formula is C11H12O3. The Morgan fingerprint density at radius 3 is 2.57 bits per heavy atom. The van der Waals surface area contributed by atoms with Crippen LogP contribution in [0.1, 0.15) is 5.56 Å². The molecule has 74 valence electrons. The minimum Gasteiger partial charge on any atom is -0.497 e. The average Bonchev–Trinajstić information content (AvgIpc) is 2.27. The molecule has 0 fully saturated rings. The van der Waals surface area contributed by atoms with E-state index in [-0.39, 0.29) is 0 Å². The summed E-state index contributed by atoms with van der Waals surface area (Å²) in [5.41, 5.74) is 1.03. The van der Waals surface area contributed by atoms with Gasteiger partial charge in [0.05, 0.1) is 14.2 Å². The van der Waals surface area contributed by atoms with Crippen LogP contribution in [0.2, 0.25) is 0 Å². The van der Waals surface area contributed by atoms with Gasteiger partial charge in [-0.1, -0.05) is 6.58 Å². The Balaban J connectivity index is 3.21. The van der Waals surface area contributed by atoms with Crippen LogP contribution in [-0.4, -0.2) is 20.5 Å². The van der Waals surface area contributed by atoms with E-state index in [9.17, 15) is 4.79 Å². The Morgan fingerprint density at radius 1 is 1.36 bits per heavy atom. The number of rotatable bonds is 4. The average molecular weight is 192 g/mol. The Kier molecular flexibility index (Phi) is 3.29. The lowest BCUT2D eigenvalue weighted by atomic mass is 10.1. The third kappa shape index (κ3) is 1.93. The van der Waals surface area contributed by atoms with E-state index >= 15 is 0 Å². The Hall–Kier alpha value is -1.77. The molecule has 3 heteroatoms. The lowest BCUT2D eigenvalue weighted by Gasteiger charge is -2.08. The fourth-order valence-corrected chi connectivity index (χ4v) is 1.13. The van der Waals surface area contributed by atoms with E-state index in [4.69, 9.17) is 9.47 Å². The highest BCUT2D eigenvalue weighted by atomic mass is 16.5. The van der Waals surface area contributed by atoms with Gasteiger partial charge in [-0.15, -0.1) is 0 Å². The summed E-state index contributed by atoms with van der Waals surface area (Å²) in [6.07, 6.45) is 0.692. The highest BCUT2D eigenvalue weighted by molar-refractivity contribution is 6.07. The maximum Gasteiger partial charge on any atom is 0.150 e. The lowest BCUT2D eigenvalue weighted by molar-refractivity contribution is -0.103. The van der Waals surface area contributed by atoms with E-state index in [1.54, 1.807) is 32.4 Å². The molecule has 1 aromatic carbocycles. The van der Waals surface area contributed by atoms with Gasteiger partial charge in [0.25, 0.3) is 0 Å². The number of carbonyl (C=O) groups is 1. The molecule has 0 amide bonds. The fraction of sp³-hybridized carbons (Fsp3) is 0.182. The Labute approximate surface area is 83.0 Å². The quantitative estimate of drug-likeness (QED) is 0.540. The molecule has 0 unspecified atom stereocenters. The SMILES string of the molecule is C=C(C=O)c1cc(OC)ccc1OC. The number of aldehydes is 1. The predicted octanol–water partition coefficient (Wildman–Crippen LogP) is 1.92. The van der Waals surface area contributed by atoms with Crippen molar-refractivity contribution in [2.45, 2.75) is 0 Å². The molecule has 0 saturated heterocycles. The summed E-state index contributed by atoms with van der Waals surface area (Å²) in [5, 5.41) is 0. The Bertz CT molecular complexity index is 356. The summed E-state index contributed by atoms with van der Waals surface area (Å²) in [7, 11) is 3.11. The summed E-state index contributed by atoms with van der Waals surface area (Å²) in [6, 6.07) is 5.22. The summed E-state index contributed by atoms with van der Waals surface area (Å²) < 4.78 is 10.1. The van der Waals surface area contributed by atoms with Crippen LogP contribution in [0.25, 0.3) is 5.57 Å². The predicted molar refractivity (Wildman–Crippen MR) is 54.6 cm³/mol. The molecule has 0 N–H and O–H groups in total. The molecule has 1 rings (SSSR count). The minimum atomic E-state index is 0.376. The topological polar surface area (TPSA) is 35.5 Å². The van der Waals surface area contributed by atoms with E-state index in [1.165, 1.54) is 0 Å². The van der Waals surface area contributed by atoms with Gasteiger partial charge < -0.3 is 9.47 Å². The first kappa shape index (κ1) is 10.3. The second-order valence-corrected chi connectivity index (χ2v) is 2.71. The number of methoxy groups -OCH3 is 2. The number of carbonyl (C=O) groups excluding carboxylic acids is 1. The van der Waals surface area contributed by atoms with Crippen LogP contribution in [0.3, 0.4) is 0 Å². The molecule has 0 saturated carbocycles. The first-order valence-electron chi connectivity index (χ1n) is 4.09. The standard InChI is InChI=1S/C11H12O3/c1-8(7-12)10-6-9(13-2)4-5-11(10)14-3/h4-7H,1H2,2-3H3. The van der Waals surface area contributed by atoms with Gasteiger partial charge in [0.1, 0.15) is 17.8 Å². The zero-order chi connectivity index (χ0) is 10.6. The van der Waals surface area contributed by atoms with E-state index in [2.05, 4.69) is 6.58 Å². The molecule has 0 heterocycles. The van der Waals surface area contributed by atoms with Crippen LogP contribution >= 0.6 is 0 Å². The van der Waals surface area contributed by atoms with Crippen molar-refractivity contribution in [3.8, 4) is 11.5 Å². The number of hydrogen-bond acceptors (Lipinski definition) is 3. The molecule has 0 radical (unpaired) electrons. The van der Waals surface area contributed by atoms with Crippen LogP contribution in [0.15, 0.2) is 24.8 Å². The van der Waals surface area contributed by atoms with E-state index in [0.29, 0.717) is 28.9 Å². The normalized spacial score (nSPS) is 9.29. The smallest absolute Gasteiger partial charge is 0.150 e. The maximum atomic E-state index is 10.6. The van der Waals surface area contributed by atoms with Crippen LogP contribution in [0, 0.1) is 0 Å². The molecule has 0 spiro atoms. The summed E-state index contributed by atoms with van der Waals surface area (Å²) >= 11 is 0. The number of benzene rings is 1. The van der Waals surface area contributed by atoms with Crippen molar-refractivity contribution in [2.24, 2.45) is 0 Å². The summed E-state index contributed by atoms with van der Waals surface area (Å²) in [6.45, 7) is 3.62. The molecule has 0 aliphatic rings. The zero-order valence-corrected chi connectivity index (χ0v) is 8.24.